The van der Waals surface area contributed by atoms with Crippen molar-refractivity contribution in [3.05, 3.63) is 63.7 Å². The summed E-state index contributed by atoms with van der Waals surface area (Å²) in [5, 5.41) is 19.4. The van der Waals surface area contributed by atoms with Crippen molar-refractivity contribution in [2.75, 3.05) is 19.6 Å². The van der Waals surface area contributed by atoms with Crippen molar-refractivity contribution in [1.29, 1.82) is 5.41 Å². The summed E-state index contributed by atoms with van der Waals surface area (Å²) in [6.07, 6.45) is 1.37. The number of piperidine rings is 1. The largest absolute Gasteiger partial charge is 0.387 e. The number of nitrogens with one attached hydrogen (secondary N) is 1. The van der Waals surface area contributed by atoms with Crippen LogP contribution in [-0.4, -0.2) is 34.2 Å². The van der Waals surface area contributed by atoms with E-state index in [0.29, 0.717) is 27.9 Å². The number of aliphatic hydroxyl groups excluding tert-OH is 1. The second-order valence-electron chi connectivity index (χ2n) is 7.44. The highest BCUT2D eigenvalue weighted by atomic mass is 35.5. The van der Waals surface area contributed by atoms with Gasteiger partial charge in [-0.3, -0.25) is 5.41 Å². The Morgan fingerprint density at radius 3 is 2.60 bits per heavy atom. The summed E-state index contributed by atoms with van der Waals surface area (Å²) in [5.41, 5.74) is 1.70. The van der Waals surface area contributed by atoms with Crippen LogP contribution in [0.2, 0.25) is 5.02 Å². The van der Waals surface area contributed by atoms with Gasteiger partial charge >= 0.3 is 0 Å². The molecule has 1 fully saturated rings. The fourth-order valence-corrected chi connectivity index (χ4v) is 5.11. The highest BCUT2D eigenvalue weighted by Gasteiger charge is 2.23. The summed E-state index contributed by atoms with van der Waals surface area (Å²) in [6.45, 7) is 3.16. The smallest absolute Gasteiger partial charge is 0.182 e. The number of hydrogen-bond acceptors (Lipinski definition) is 4. The first-order valence-electron chi connectivity index (χ1n) is 9.49. The van der Waals surface area contributed by atoms with Gasteiger partial charge in [-0.25, -0.2) is 4.39 Å². The maximum absolute atomic E-state index is 13.4. The Kier molecular flexibility index (Phi) is 9.15. The van der Waals surface area contributed by atoms with Gasteiger partial charge < -0.3 is 14.6 Å². The SMILES string of the molecule is Cl.Cl.N=c1sc2cc(Cl)ccc2n1CC1CCN(C[C@@H](O)c2cccc(F)c2)CC1. The minimum absolute atomic E-state index is 0. The summed E-state index contributed by atoms with van der Waals surface area (Å²) in [6, 6.07) is 12.0. The van der Waals surface area contributed by atoms with Gasteiger partial charge in [-0.05, 0) is 67.7 Å². The molecule has 0 radical (unpaired) electrons. The van der Waals surface area contributed by atoms with Gasteiger partial charge in [0.2, 0.25) is 0 Å². The molecule has 0 amide bonds. The van der Waals surface area contributed by atoms with Gasteiger partial charge in [0.05, 0.1) is 16.3 Å². The molecule has 0 spiro atoms. The zero-order valence-electron chi connectivity index (χ0n) is 16.3. The monoisotopic (exact) mass is 491 g/mol. The predicted octanol–water partition coefficient (Wildman–Crippen LogP) is 5.26. The lowest BCUT2D eigenvalue weighted by Crippen LogP contribution is -2.38. The Bertz CT molecular complexity index is 1030. The molecular formula is C21H25Cl3FN3OS. The van der Waals surface area contributed by atoms with E-state index in [0.717, 1.165) is 42.7 Å². The number of nitrogens with zero attached hydrogens (tertiary/aromatic N) is 2. The van der Waals surface area contributed by atoms with E-state index in [4.69, 9.17) is 17.0 Å². The normalized spacial score (nSPS) is 16.1. The van der Waals surface area contributed by atoms with Gasteiger partial charge in [-0.2, -0.15) is 0 Å². The van der Waals surface area contributed by atoms with Crippen LogP contribution >= 0.6 is 47.8 Å². The molecule has 0 saturated carbocycles. The number of halogens is 4. The third-order valence-corrected chi connectivity index (χ3v) is 6.67. The molecule has 9 heteroatoms. The molecule has 2 aromatic carbocycles. The number of rotatable bonds is 5. The van der Waals surface area contributed by atoms with Crippen molar-refractivity contribution in [2.24, 2.45) is 5.92 Å². The minimum Gasteiger partial charge on any atom is -0.387 e. The minimum atomic E-state index is -0.674. The van der Waals surface area contributed by atoms with Crippen LogP contribution in [0.25, 0.3) is 10.2 Å². The van der Waals surface area contributed by atoms with Crippen LogP contribution in [0.5, 0.6) is 0 Å². The van der Waals surface area contributed by atoms with Gasteiger partial charge in [-0.1, -0.05) is 35.1 Å². The maximum atomic E-state index is 13.4. The van der Waals surface area contributed by atoms with E-state index in [2.05, 4.69) is 9.47 Å². The predicted molar refractivity (Wildman–Crippen MR) is 126 cm³/mol. The summed E-state index contributed by atoms with van der Waals surface area (Å²) in [5.74, 6) is 0.188. The molecule has 1 aliphatic heterocycles. The van der Waals surface area contributed by atoms with Crippen molar-refractivity contribution in [1.82, 2.24) is 9.47 Å². The number of β-amino-alcohol motifs (C(OH)–C–C–N with tert-alkyl or cyclic N) is 1. The average molecular weight is 493 g/mol. The zero-order chi connectivity index (χ0) is 19.7. The molecule has 3 aromatic rings. The fourth-order valence-electron chi connectivity index (χ4n) is 3.92. The van der Waals surface area contributed by atoms with Crippen molar-refractivity contribution < 1.29 is 9.50 Å². The first-order chi connectivity index (χ1) is 13.5. The number of hydrogen-bond donors (Lipinski definition) is 2. The quantitative estimate of drug-likeness (QED) is 0.510. The van der Waals surface area contributed by atoms with Crippen LogP contribution in [0.1, 0.15) is 24.5 Å². The first-order valence-corrected chi connectivity index (χ1v) is 10.7. The summed E-state index contributed by atoms with van der Waals surface area (Å²) >= 11 is 7.53. The Hall–Kier alpha value is -1.15. The molecule has 2 N–H and O–H groups in total. The Balaban J connectivity index is 0.00000160. The summed E-state index contributed by atoms with van der Waals surface area (Å²) < 4.78 is 16.5. The highest BCUT2D eigenvalue weighted by molar-refractivity contribution is 7.16. The zero-order valence-corrected chi connectivity index (χ0v) is 19.5. The van der Waals surface area contributed by atoms with Gasteiger partial charge in [0, 0.05) is 18.1 Å². The lowest BCUT2D eigenvalue weighted by Gasteiger charge is -2.33. The van der Waals surface area contributed by atoms with Crippen molar-refractivity contribution >= 4 is 58.0 Å². The van der Waals surface area contributed by atoms with E-state index in [1.54, 1.807) is 12.1 Å². The second-order valence-corrected chi connectivity index (χ2v) is 8.91. The van der Waals surface area contributed by atoms with Crippen molar-refractivity contribution in [2.45, 2.75) is 25.5 Å². The molecular weight excluding hydrogens is 468 g/mol. The Labute approximate surface area is 196 Å². The van der Waals surface area contributed by atoms with Crippen LogP contribution < -0.4 is 4.80 Å². The Morgan fingerprint density at radius 2 is 1.90 bits per heavy atom. The second kappa shape index (κ2) is 10.9. The van der Waals surface area contributed by atoms with Gasteiger partial charge in [0.1, 0.15) is 5.82 Å². The van der Waals surface area contributed by atoms with Gasteiger partial charge in [0.15, 0.2) is 4.80 Å². The van der Waals surface area contributed by atoms with E-state index in [1.807, 2.05) is 18.2 Å². The van der Waals surface area contributed by atoms with Crippen LogP contribution in [0, 0.1) is 17.1 Å². The molecule has 30 heavy (non-hydrogen) atoms. The molecule has 0 unspecified atom stereocenters. The molecule has 4 nitrogen and oxygen atoms in total. The molecule has 1 aliphatic rings. The van der Waals surface area contributed by atoms with E-state index >= 15 is 0 Å². The number of aromatic nitrogens is 1. The summed E-state index contributed by atoms with van der Waals surface area (Å²) in [7, 11) is 0. The lowest BCUT2D eigenvalue weighted by molar-refractivity contribution is 0.0865. The first kappa shape index (κ1) is 25.1. The molecule has 0 bridgehead atoms. The average Bonchev–Trinajstić information content (AvgIpc) is 2.97. The third-order valence-electron chi connectivity index (χ3n) is 5.48. The number of likely N-dealkylation sites (tertiary alicyclic amines) is 1. The molecule has 1 aromatic heterocycles. The molecule has 1 atom stereocenters. The molecule has 2 heterocycles. The topological polar surface area (TPSA) is 52.2 Å². The summed E-state index contributed by atoms with van der Waals surface area (Å²) in [4.78, 5) is 2.80. The number of benzene rings is 2. The molecule has 164 valence electrons. The third kappa shape index (κ3) is 5.75. The number of aliphatic hydroxyl groups is 1. The number of thiazole rings is 1. The Morgan fingerprint density at radius 1 is 1.17 bits per heavy atom. The van der Waals surface area contributed by atoms with Gasteiger partial charge in [0.25, 0.3) is 0 Å². The van der Waals surface area contributed by atoms with Crippen LogP contribution in [-0.2, 0) is 6.54 Å². The fraction of sp³-hybridized carbons (Fsp3) is 0.381. The van der Waals surface area contributed by atoms with Crippen LogP contribution in [0.3, 0.4) is 0 Å². The molecule has 4 rings (SSSR count). The number of fused-ring (bicyclic) bond motifs is 1. The molecule has 0 aliphatic carbocycles. The van der Waals surface area contributed by atoms with Crippen LogP contribution in [0.15, 0.2) is 42.5 Å². The van der Waals surface area contributed by atoms with E-state index in [-0.39, 0.29) is 30.6 Å². The van der Waals surface area contributed by atoms with Gasteiger partial charge in [-0.15, -0.1) is 24.8 Å². The standard InChI is InChI=1S/C21H23ClFN3OS.2ClH/c22-16-4-5-18-20(11-16)28-21(24)26(18)12-14-6-8-25(9-7-14)13-19(27)15-2-1-3-17(23)10-15;;/h1-5,10-11,14,19,24,27H,6-9,12-13H2;2*1H/t19-;;/m1../s1. The lowest BCUT2D eigenvalue weighted by atomic mass is 9.96. The molecule has 1 saturated heterocycles. The van der Waals surface area contributed by atoms with Crippen LogP contribution in [0.4, 0.5) is 4.39 Å². The maximum Gasteiger partial charge on any atom is 0.182 e. The van der Waals surface area contributed by atoms with E-state index in [9.17, 15) is 9.50 Å². The highest BCUT2D eigenvalue weighted by Crippen LogP contribution is 2.26. The van der Waals surface area contributed by atoms with E-state index < -0.39 is 6.10 Å². The van der Waals surface area contributed by atoms with E-state index in [1.165, 1.54) is 23.5 Å². The van der Waals surface area contributed by atoms with Crippen molar-refractivity contribution in [3.63, 3.8) is 0 Å². The van der Waals surface area contributed by atoms with Crippen molar-refractivity contribution in [3.8, 4) is 0 Å².